The molecule has 0 saturated carbocycles. The van der Waals surface area contributed by atoms with E-state index in [4.69, 9.17) is 9.47 Å². The highest BCUT2D eigenvalue weighted by atomic mass is 79.9. The minimum atomic E-state index is -0.671. The zero-order valence-electron chi connectivity index (χ0n) is 10.5. The molecule has 1 aromatic carbocycles. The van der Waals surface area contributed by atoms with Crippen molar-refractivity contribution in [1.29, 1.82) is 0 Å². The molecule has 1 aliphatic rings. The zero-order chi connectivity index (χ0) is 13.8. The number of carbonyl (C=O) groups is 2. The van der Waals surface area contributed by atoms with E-state index in [1.165, 1.54) is 12.0 Å². The van der Waals surface area contributed by atoms with Gasteiger partial charge in [0, 0.05) is 16.6 Å². The number of rotatable bonds is 2. The summed E-state index contributed by atoms with van der Waals surface area (Å²) >= 11 is 3.32. The van der Waals surface area contributed by atoms with Crippen LogP contribution in [0.2, 0.25) is 0 Å². The molecule has 0 aromatic heterocycles. The number of methoxy groups -OCH3 is 1. The molecule has 1 fully saturated rings. The Morgan fingerprint density at radius 1 is 1.37 bits per heavy atom. The summed E-state index contributed by atoms with van der Waals surface area (Å²) in [6, 6.07) is 6.35. The number of carbonyl (C=O) groups excluding carboxylic acids is 2. The molecule has 0 N–H and O–H groups in total. The van der Waals surface area contributed by atoms with Crippen LogP contribution in [0.25, 0.3) is 0 Å². The number of hydrogen-bond donors (Lipinski definition) is 0. The van der Waals surface area contributed by atoms with Gasteiger partial charge in [-0.3, -0.25) is 4.79 Å². The average Bonchev–Trinajstić information content (AvgIpc) is 2.46. The first-order chi connectivity index (χ1) is 9.13. The molecule has 102 valence electrons. The highest BCUT2D eigenvalue weighted by molar-refractivity contribution is 9.10. The number of ether oxygens (including phenoxy) is 2. The van der Waals surface area contributed by atoms with E-state index in [1.807, 2.05) is 0 Å². The molecule has 5 nitrogen and oxygen atoms in total. The summed E-state index contributed by atoms with van der Waals surface area (Å²) < 4.78 is 10.8. The molecule has 0 aliphatic carbocycles. The number of morpholine rings is 1. The zero-order valence-corrected chi connectivity index (χ0v) is 12.1. The molecule has 0 radical (unpaired) electrons. The van der Waals surface area contributed by atoms with Crippen molar-refractivity contribution in [3.8, 4) is 0 Å². The van der Waals surface area contributed by atoms with Crippen LogP contribution in [0.3, 0.4) is 0 Å². The van der Waals surface area contributed by atoms with Crippen LogP contribution in [0.4, 0.5) is 0 Å². The Labute approximate surface area is 119 Å². The van der Waals surface area contributed by atoms with Crippen molar-refractivity contribution in [1.82, 2.24) is 4.90 Å². The fourth-order valence-corrected chi connectivity index (χ4v) is 2.20. The lowest BCUT2D eigenvalue weighted by molar-refractivity contribution is -0.151. The molecule has 1 atom stereocenters. The van der Waals surface area contributed by atoms with Crippen LogP contribution in [0.5, 0.6) is 0 Å². The number of esters is 1. The second-order valence-corrected chi connectivity index (χ2v) is 5.03. The lowest BCUT2D eigenvalue weighted by Gasteiger charge is -2.33. The van der Waals surface area contributed by atoms with E-state index in [0.717, 1.165) is 4.47 Å². The molecular weight excluding hydrogens is 314 g/mol. The van der Waals surface area contributed by atoms with Crippen molar-refractivity contribution in [2.45, 2.75) is 6.04 Å². The molecule has 6 heteroatoms. The van der Waals surface area contributed by atoms with Crippen molar-refractivity contribution < 1.29 is 19.1 Å². The molecule has 0 spiro atoms. The number of amides is 1. The molecule has 1 heterocycles. The maximum atomic E-state index is 12.4. The molecule has 1 saturated heterocycles. The van der Waals surface area contributed by atoms with Crippen molar-refractivity contribution in [3.63, 3.8) is 0 Å². The Hall–Kier alpha value is -1.40. The molecule has 0 bridgehead atoms. The maximum absolute atomic E-state index is 12.4. The van der Waals surface area contributed by atoms with Gasteiger partial charge < -0.3 is 14.4 Å². The largest absolute Gasteiger partial charge is 0.467 e. The van der Waals surface area contributed by atoms with E-state index < -0.39 is 12.0 Å². The average molecular weight is 328 g/mol. The third-order valence-electron chi connectivity index (χ3n) is 2.95. The van der Waals surface area contributed by atoms with Crippen LogP contribution in [0, 0.1) is 0 Å². The summed E-state index contributed by atoms with van der Waals surface area (Å²) in [6.07, 6.45) is 0. The highest BCUT2D eigenvalue weighted by Gasteiger charge is 2.34. The van der Waals surface area contributed by atoms with Gasteiger partial charge in [-0.25, -0.2) is 4.79 Å². The lowest BCUT2D eigenvalue weighted by Crippen LogP contribution is -2.53. The van der Waals surface area contributed by atoms with Gasteiger partial charge in [-0.2, -0.15) is 0 Å². The van der Waals surface area contributed by atoms with E-state index in [2.05, 4.69) is 15.9 Å². The molecule has 1 aromatic rings. The van der Waals surface area contributed by atoms with Gasteiger partial charge in [0.1, 0.15) is 0 Å². The normalized spacial score (nSPS) is 19.1. The van der Waals surface area contributed by atoms with Crippen LogP contribution in [0.1, 0.15) is 10.4 Å². The first kappa shape index (κ1) is 14.0. The Balaban J connectivity index is 2.20. The quantitative estimate of drug-likeness (QED) is 0.772. The van der Waals surface area contributed by atoms with Gasteiger partial charge in [0.25, 0.3) is 5.91 Å². The third kappa shape index (κ3) is 3.13. The van der Waals surface area contributed by atoms with E-state index in [1.54, 1.807) is 24.3 Å². The summed E-state index contributed by atoms with van der Waals surface area (Å²) in [6.45, 7) is 0.985. The van der Waals surface area contributed by atoms with Crippen LogP contribution < -0.4 is 0 Å². The second-order valence-electron chi connectivity index (χ2n) is 4.12. The summed E-state index contributed by atoms with van der Waals surface area (Å²) in [5, 5.41) is 0. The van der Waals surface area contributed by atoms with Gasteiger partial charge in [-0.05, 0) is 24.3 Å². The van der Waals surface area contributed by atoms with Crippen LogP contribution in [-0.2, 0) is 14.3 Å². The van der Waals surface area contributed by atoms with E-state index in [9.17, 15) is 9.59 Å². The molecule has 1 aliphatic heterocycles. The Morgan fingerprint density at radius 3 is 2.68 bits per heavy atom. The standard InChI is InChI=1S/C13H14BrNO4/c1-18-13(17)11-8-19-7-6-15(11)12(16)9-2-4-10(14)5-3-9/h2-5,11H,6-8H2,1H3. The first-order valence-corrected chi connectivity index (χ1v) is 6.65. The molecule has 2 rings (SSSR count). The number of benzene rings is 1. The third-order valence-corrected chi connectivity index (χ3v) is 3.48. The topological polar surface area (TPSA) is 55.8 Å². The maximum Gasteiger partial charge on any atom is 0.331 e. The molecular formula is C13H14BrNO4. The Morgan fingerprint density at radius 2 is 2.05 bits per heavy atom. The monoisotopic (exact) mass is 327 g/mol. The Kier molecular flexibility index (Phi) is 4.55. The van der Waals surface area contributed by atoms with Crippen LogP contribution in [0.15, 0.2) is 28.7 Å². The number of halogens is 1. The highest BCUT2D eigenvalue weighted by Crippen LogP contribution is 2.16. The van der Waals surface area contributed by atoms with E-state index in [-0.39, 0.29) is 12.5 Å². The van der Waals surface area contributed by atoms with Crippen molar-refractivity contribution >= 4 is 27.8 Å². The minimum Gasteiger partial charge on any atom is -0.467 e. The van der Waals surface area contributed by atoms with Gasteiger partial charge in [0.05, 0.1) is 20.3 Å². The predicted molar refractivity (Wildman–Crippen MR) is 71.8 cm³/mol. The van der Waals surface area contributed by atoms with Gasteiger partial charge in [-0.15, -0.1) is 0 Å². The van der Waals surface area contributed by atoms with Crippen molar-refractivity contribution in [2.24, 2.45) is 0 Å². The van der Waals surface area contributed by atoms with Crippen molar-refractivity contribution in [2.75, 3.05) is 26.9 Å². The van der Waals surface area contributed by atoms with Gasteiger partial charge in [-0.1, -0.05) is 15.9 Å². The minimum absolute atomic E-state index is 0.176. The number of hydrogen-bond acceptors (Lipinski definition) is 4. The molecule has 1 amide bonds. The van der Waals surface area contributed by atoms with Crippen LogP contribution >= 0.6 is 15.9 Å². The van der Waals surface area contributed by atoms with Crippen molar-refractivity contribution in [3.05, 3.63) is 34.3 Å². The molecule has 19 heavy (non-hydrogen) atoms. The predicted octanol–water partition coefficient (Wildman–Crippen LogP) is 1.46. The first-order valence-electron chi connectivity index (χ1n) is 5.85. The lowest BCUT2D eigenvalue weighted by atomic mass is 10.1. The fraction of sp³-hybridized carbons (Fsp3) is 0.385. The second kappa shape index (κ2) is 6.16. The summed E-state index contributed by atoms with van der Waals surface area (Å²) in [5.41, 5.74) is 0.541. The smallest absolute Gasteiger partial charge is 0.331 e. The summed E-state index contributed by atoms with van der Waals surface area (Å²) in [7, 11) is 1.30. The number of nitrogens with zero attached hydrogens (tertiary/aromatic N) is 1. The van der Waals surface area contributed by atoms with E-state index in [0.29, 0.717) is 18.7 Å². The van der Waals surface area contributed by atoms with Gasteiger partial charge in [0.2, 0.25) is 0 Å². The summed E-state index contributed by atoms with van der Waals surface area (Å²) in [5.74, 6) is -0.642. The fourth-order valence-electron chi connectivity index (χ4n) is 1.94. The summed E-state index contributed by atoms with van der Waals surface area (Å²) in [4.78, 5) is 25.6. The van der Waals surface area contributed by atoms with Gasteiger partial charge in [0.15, 0.2) is 6.04 Å². The Bertz CT molecular complexity index is 474. The van der Waals surface area contributed by atoms with Gasteiger partial charge >= 0.3 is 5.97 Å². The van der Waals surface area contributed by atoms with Crippen LogP contribution in [-0.4, -0.2) is 49.7 Å². The van der Waals surface area contributed by atoms with E-state index >= 15 is 0 Å². The molecule has 1 unspecified atom stereocenters. The SMILES string of the molecule is COC(=O)C1COCCN1C(=O)c1ccc(Br)cc1.